The molecule has 0 aliphatic rings. The van der Waals surface area contributed by atoms with Gasteiger partial charge >= 0.3 is 0 Å². The molecule has 0 amide bonds. The number of hydrogen-bond donors (Lipinski definition) is 1. The van der Waals surface area contributed by atoms with Crippen molar-refractivity contribution >= 4 is 28.6 Å². The van der Waals surface area contributed by atoms with Crippen LogP contribution in [0.2, 0.25) is 0 Å². The van der Waals surface area contributed by atoms with Gasteiger partial charge in [0.1, 0.15) is 0 Å². The van der Waals surface area contributed by atoms with Crippen LogP contribution in [0.25, 0.3) is 10.9 Å². The fourth-order valence-electron chi connectivity index (χ4n) is 1.47. The van der Waals surface area contributed by atoms with E-state index in [4.69, 9.17) is 0 Å². The average Bonchev–Trinajstić information content (AvgIpc) is 2.34. The molecule has 0 radical (unpaired) electrons. The van der Waals surface area contributed by atoms with E-state index in [9.17, 15) is 0 Å². The number of para-hydroxylation sites is 1. The Balaban J connectivity index is 2.02. The minimum atomic E-state index is 0.722. The molecule has 0 fully saturated rings. The second-order valence-electron chi connectivity index (χ2n) is 3.53. The van der Waals surface area contributed by atoms with E-state index < -0.39 is 0 Å². The maximum Gasteiger partial charge on any atom is 0.223 e. The third-order valence-electron chi connectivity index (χ3n) is 2.30. The second-order valence-corrected chi connectivity index (χ2v) is 4.51. The molecule has 0 saturated carbocycles. The van der Waals surface area contributed by atoms with Crippen molar-refractivity contribution in [3.63, 3.8) is 0 Å². The van der Waals surface area contributed by atoms with Gasteiger partial charge in [0.05, 0.1) is 5.52 Å². The Hall–Kier alpha value is -1.29. The van der Waals surface area contributed by atoms with E-state index in [0.29, 0.717) is 0 Å². The molecule has 1 N–H and O–H groups in total. The van der Waals surface area contributed by atoms with Gasteiger partial charge in [0.25, 0.3) is 0 Å². The minimum Gasteiger partial charge on any atom is -0.354 e. The van der Waals surface area contributed by atoms with E-state index >= 15 is 0 Å². The number of rotatable bonds is 5. The van der Waals surface area contributed by atoms with E-state index in [0.717, 1.165) is 29.8 Å². The lowest BCUT2D eigenvalue weighted by molar-refractivity contribution is 0.968. The van der Waals surface area contributed by atoms with Crippen LogP contribution in [0.4, 0.5) is 5.95 Å². The smallest absolute Gasteiger partial charge is 0.223 e. The van der Waals surface area contributed by atoms with Crippen molar-refractivity contribution in [3.05, 3.63) is 30.5 Å². The van der Waals surface area contributed by atoms with Crippen LogP contribution in [0.3, 0.4) is 0 Å². The van der Waals surface area contributed by atoms with Gasteiger partial charge in [-0.05, 0) is 24.5 Å². The quantitative estimate of drug-likeness (QED) is 0.806. The second kappa shape index (κ2) is 5.70. The highest BCUT2D eigenvalue weighted by Crippen LogP contribution is 2.11. The summed E-state index contributed by atoms with van der Waals surface area (Å²) in [5, 5.41) is 4.32. The zero-order valence-corrected chi connectivity index (χ0v) is 10.1. The number of hydrogen-bond acceptors (Lipinski definition) is 4. The summed E-state index contributed by atoms with van der Waals surface area (Å²) in [4.78, 5) is 8.72. The number of fused-ring (bicyclic) bond motifs is 1. The molecule has 0 spiro atoms. The molecule has 84 valence electrons. The van der Waals surface area contributed by atoms with Crippen molar-refractivity contribution in [2.24, 2.45) is 0 Å². The predicted octanol–water partition coefficient (Wildman–Crippen LogP) is 2.79. The predicted molar refractivity (Wildman–Crippen MR) is 71.0 cm³/mol. The molecule has 2 rings (SSSR count). The number of nitrogens with one attached hydrogen (secondary N) is 1. The van der Waals surface area contributed by atoms with Gasteiger partial charge in [-0.3, -0.25) is 0 Å². The molecular weight excluding hydrogens is 218 g/mol. The van der Waals surface area contributed by atoms with Crippen molar-refractivity contribution in [1.29, 1.82) is 0 Å². The third-order valence-corrected chi connectivity index (χ3v) is 2.99. The summed E-state index contributed by atoms with van der Waals surface area (Å²) in [5.74, 6) is 1.89. The molecule has 0 aliphatic carbocycles. The molecule has 4 heteroatoms. The van der Waals surface area contributed by atoms with E-state index in [1.165, 1.54) is 5.75 Å². The van der Waals surface area contributed by atoms with E-state index in [-0.39, 0.29) is 0 Å². The van der Waals surface area contributed by atoms with Gasteiger partial charge in [-0.15, -0.1) is 0 Å². The summed E-state index contributed by atoms with van der Waals surface area (Å²) in [7, 11) is 0. The van der Waals surface area contributed by atoms with Crippen LogP contribution in [0.15, 0.2) is 30.5 Å². The Bertz CT molecular complexity index is 459. The van der Waals surface area contributed by atoms with Gasteiger partial charge < -0.3 is 5.32 Å². The fourth-order valence-corrected chi connectivity index (χ4v) is 1.91. The third kappa shape index (κ3) is 2.85. The minimum absolute atomic E-state index is 0.722. The summed E-state index contributed by atoms with van der Waals surface area (Å²) in [6.45, 7) is 0.930. The van der Waals surface area contributed by atoms with Crippen LogP contribution in [0.1, 0.15) is 6.42 Å². The van der Waals surface area contributed by atoms with Gasteiger partial charge in [-0.2, -0.15) is 11.8 Å². The van der Waals surface area contributed by atoms with E-state index in [2.05, 4.69) is 21.5 Å². The molecule has 0 atom stereocenters. The SMILES string of the molecule is CSCCCNc1ncc2ccccc2n1. The number of thioether (sulfide) groups is 1. The molecule has 1 heterocycles. The Morgan fingerprint density at radius 1 is 1.31 bits per heavy atom. The standard InChI is InChI=1S/C12H15N3S/c1-16-8-4-7-13-12-14-9-10-5-2-3-6-11(10)15-12/h2-3,5-6,9H,4,7-8H2,1H3,(H,13,14,15). The summed E-state index contributed by atoms with van der Waals surface area (Å²) < 4.78 is 0. The van der Waals surface area contributed by atoms with Gasteiger partial charge in [-0.25, -0.2) is 9.97 Å². The molecule has 0 unspecified atom stereocenters. The fraction of sp³-hybridized carbons (Fsp3) is 0.333. The van der Waals surface area contributed by atoms with Gasteiger partial charge in [0.2, 0.25) is 5.95 Å². The molecule has 1 aromatic heterocycles. The van der Waals surface area contributed by atoms with E-state index in [1.807, 2.05) is 42.2 Å². The summed E-state index contributed by atoms with van der Waals surface area (Å²) in [5.41, 5.74) is 0.991. The summed E-state index contributed by atoms with van der Waals surface area (Å²) in [6, 6.07) is 8.01. The van der Waals surface area contributed by atoms with Crippen molar-refractivity contribution in [2.45, 2.75) is 6.42 Å². The zero-order chi connectivity index (χ0) is 11.2. The molecule has 2 aromatic rings. The molecule has 0 aliphatic heterocycles. The van der Waals surface area contributed by atoms with Crippen LogP contribution >= 0.6 is 11.8 Å². The number of nitrogens with zero attached hydrogens (tertiary/aromatic N) is 2. The zero-order valence-electron chi connectivity index (χ0n) is 9.31. The van der Waals surface area contributed by atoms with Crippen LogP contribution in [0.5, 0.6) is 0 Å². The first-order valence-corrected chi connectivity index (χ1v) is 6.74. The van der Waals surface area contributed by atoms with Crippen molar-refractivity contribution < 1.29 is 0 Å². The van der Waals surface area contributed by atoms with Crippen LogP contribution in [-0.4, -0.2) is 28.5 Å². The monoisotopic (exact) mass is 233 g/mol. The first kappa shape index (κ1) is 11.2. The molecular formula is C12H15N3S. The highest BCUT2D eigenvalue weighted by atomic mass is 32.2. The maximum absolute atomic E-state index is 4.44. The molecule has 0 bridgehead atoms. The Labute approximate surface area is 99.7 Å². The molecule has 0 saturated heterocycles. The molecule has 3 nitrogen and oxygen atoms in total. The lowest BCUT2D eigenvalue weighted by Gasteiger charge is -2.04. The van der Waals surface area contributed by atoms with Gasteiger partial charge in [-0.1, -0.05) is 18.2 Å². The number of benzene rings is 1. The average molecular weight is 233 g/mol. The van der Waals surface area contributed by atoms with Crippen LogP contribution in [-0.2, 0) is 0 Å². The molecule has 1 aromatic carbocycles. The summed E-state index contributed by atoms with van der Waals surface area (Å²) in [6.07, 6.45) is 5.11. The highest BCUT2D eigenvalue weighted by Gasteiger charge is 1.97. The van der Waals surface area contributed by atoms with Crippen LogP contribution < -0.4 is 5.32 Å². The number of anilines is 1. The van der Waals surface area contributed by atoms with Gasteiger partial charge in [0, 0.05) is 18.1 Å². The lowest BCUT2D eigenvalue weighted by Crippen LogP contribution is -2.05. The Morgan fingerprint density at radius 2 is 2.19 bits per heavy atom. The van der Waals surface area contributed by atoms with E-state index in [1.54, 1.807) is 0 Å². The van der Waals surface area contributed by atoms with Crippen molar-refractivity contribution in [2.75, 3.05) is 23.9 Å². The topological polar surface area (TPSA) is 37.8 Å². The maximum atomic E-state index is 4.44. The van der Waals surface area contributed by atoms with Crippen LogP contribution in [0, 0.1) is 0 Å². The molecule has 16 heavy (non-hydrogen) atoms. The summed E-state index contributed by atoms with van der Waals surface area (Å²) >= 11 is 1.86. The van der Waals surface area contributed by atoms with Crippen molar-refractivity contribution in [3.8, 4) is 0 Å². The first-order valence-electron chi connectivity index (χ1n) is 5.35. The Kier molecular flexibility index (Phi) is 3.99. The van der Waals surface area contributed by atoms with Crippen molar-refractivity contribution in [1.82, 2.24) is 9.97 Å². The lowest BCUT2D eigenvalue weighted by atomic mass is 10.2. The van der Waals surface area contributed by atoms with Gasteiger partial charge in [0.15, 0.2) is 0 Å². The normalized spacial score (nSPS) is 10.6. The number of aromatic nitrogens is 2. The first-order chi connectivity index (χ1) is 7.90. The highest BCUT2D eigenvalue weighted by molar-refractivity contribution is 7.98. The Morgan fingerprint density at radius 3 is 3.06 bits per heavy atom. The largest absolute Gasteiger partial charge is 0.354 e.